The average Bonchev–Trinajstić information content (AvgIpc) is 2.78. The summed E-state index contributed by atoms with van der Waals surface area (Å²) in [5.41, 5.74) is 6.81. The molecule has 0 aliphatic heterocycles. The molecule has 0 spiro atoms. The van der Waals surface area contributed by atoms with E-state index in [4.69, 9.17) is 23.2 Å². The van der Waals surface area contributed by atoms with Crippen LogP contribution in [0.3, 0.4) is 0 Å². The molecule has 0 atom stereocenters. The van der Waals surface area contributed by atoms with Gasteiger partial charge >= 0.3 is 0 Å². The number of nitrogens with zero attached hydrogens (tertiary/aromatic N) is 2. The summed E-state index contributed by atoms with van der Waals surface area (Å²) in [7, 11) is 0. The van der Waals surface area contributed by atoms with Gasteiger partial charge < -0.3 is 0 Å². The Bertz CT molecular complexity index is 822. The van der Waals surface area contributed by atoms with Crippen molar-refractivity contribution in [3.8, 4) is 0 Å². The van der Waals surface area contributed by atoms with Gasteiger partial charge in [0.15, 0.2) is 0 Å². The Labute approximate surface area is 199 Å². The van der Waals surface area contributed by atoms with E-state index < -0.39 is 0 Å². The lowest BCUT2D eigenvalue weighted by Crippen LogP contribution is -2.17. The van der Waals surface area contributed by atoms with Crippen molar-refractivity contribution in [2.45, 2.75) is 51.4 Å². The van der Waals surface area contributed by atoms with Crippen LogP contribution in [0.2, 0.25) is 10.0 Å². The molecule has 0 radical (unpaired) electrons. The molecule has 0 saturated carbocycles. The van der Waals surface area contributed by atoms with Gasteiger partial charge in [0.2, 0.25) is 11.8 Å². The van der Waals surface area contributed by atoms with E-state index in [1.165, 1.54) is 0 Å². The first-order valence-corrected chi connectivity index (χ1v) is 11.4. The quantitative estimate of drug-likeness (QED) is 0.221. The summed E-state index contributed by atoms with van der Waals surface area (Å²) in [6, 6.07) is 14.4. The van der Waals surface area contributed by atoms with Crippen molar-refractivity contribution in [3.63, 3.8) is 0 Å². The van der Waals surface area contributed by atoms with Crippen molar-refractivity contribution in [2.75, 3.05) is 0 Å². The smallest absolute Gasteiger partial charge is 0.240 e. The van der Waals surface area contributed by atoms with Gasteiger partial charge in [-0.05, 0) is 48.2 Å². The first-order valence-electron chi connectivity index (χ1n) is 10.7. The van der Waals surface area contributed by atoms with Crippen molar-refractivity contribution in [3.05, 3.63) is 69.7 Å². The molecule has 2 amide bonds. The molecule has 0 aliphatic carbocycles. The van der Waals surface area contributed by atoms with Crippen molar-refractivity contribution in [1.29, 1.82) is 0 Å². The summed E-state index contributed by atoms with van der Waals surface area (Å²) in [4.78, 5) is 23.6. The highest BCUT2D eigenvalue weighted by Gasteiger charge is 2.01. The van der Waals surface area contributed by atoms with Crippen LogP contribution in [0, 0.1) is 0 Å². The van der Waals surface area contributed by atoms with Crippen LogP contribution in [-0.4, -0.2) is 24.2 Å². The van der Waals surface area contributed by atoms with Gasteiger partial charge in [0, 0.05) is 22.9 Å². The molecule has 0 fully saturated rings. The highest BCUT2D eigenvalue weighted by Crippen LogP contribution is 2.10. The van der Waals surface area contributed by atoms with Gasteiger partial charge in [0.1, 0.15) is 0 Å². The van der Waals surface area contributed by atoms with Crippen LogP contribution in [0.25, 0.3) is 0 Å². The van der Waals surface area contributed by atoms with Crippen LogP contribution in [0.5, 0.6) is 0 Å². The van der Waals surface area contributed by atoms with Gasteiger partial charge in [0.05, 0.1) is 12.4 Å². The highest BCUT2D eigenvalue weighted by atomic mass is 35.5. The Morgan fingerprint density at radius 1 is 0.625 bits per heavy atom. The zero-order chi connectivity index (χ0) is 23.0. The van der Waals surface area contributed by atoms with E-state index in [-0.39, 0.29) is 11.8 Å². The van der Waals surface area contributed by atoms with Crippen LogP contribution < -0.4 is 10.9 Å². The number of rotatable bonds is 13. The van der Waals surface area contributed by atoms with Gasteiger partial charge in [-0.25, -0.2) is 10.9 Å². The first kappa shape index (κ1) is 25.6. The molecule has 8 heteroatoms. The van der Waals surface area contributed by atoms with Crippen LogP contribution in [-0.2, 0) is 9.59 Å². The molecule has 0 aliphatic rings. The van der Waals surface area contributed by atoms with Crippen molar-refractivity contribution >= 4 is 47.4 Å². The lowest BCUT2D eigenvalue weighted by Gasteiger charge is -2.02. The fraction of sp³-hybridized carbons (Fsp3) is 0.333. The number of hydrazone groups is 2. The Balaban J connectivity index is 1.43. The van der Waals surface area contributed by atoms with E-state index in [9.17, 15) is 9.59 Å². The van der Waals surface area contributed by atoms with E-state index in [1.807, 2.05) is 24.3 Å². The summed E-state index contributed by atoms with van der Waals surface area (Å²) in [5.74, 6) is -0.183. The predicted octanol–water partition coefficient (Wildman–Crippen LogP) is 5.71. The molecule has 0 unspecified atom stereocenters. The number of amides is 2. The minimum Gasteiger partial charge on any atom is -0.273 e. The van der Waals surface area contributed by atoms with Gasteiger partial charge in [-0.2, -0.15) is 10.2 Å². The van der Waals surface area contributed by atoms with Crippen LogP contribution in [0.15, 0.2) is 58.7 Å². The third-order valence-corrected chi connectivity index (χ3v) is 5.11. The molecule has 2 rings (SSSR count). The Kier molecular flexibility index (Phi) is 12.1. The summed E-state index contributed by atoms with van der Waals surface area (Å²) >= 11 is 11.6. The summed E-state index contributed by atoms with van der Waals surface area (Å²) in [6.45, 7) is 0. The van der Waals surface area contributed by atoms with E-state index in [0.29, 0.717) is 22.9 Å². The second-order valence-corrected chi connectivity index (χ2v) is 8.18. The first-order chi connectivity index (χ1) is 15.5. The third kappa shape index (κ3) is 11.6. The van der Waals surface area contributed by atoms with E-state index >= 15 is 0 Å². The molecular formula is C24H28Cl2N4O2. The number of unbranched alkanes of at least 4 members (excludes halogenated alkanes) is 5. The predicted molar refractivity (Wildman–Crippen MR) is 131 cm³/mol. The van der Waals surface area contributed by atoms with Gasteiger partial charge in [-0.3, -0.25) is 9.59 Å². The number of halogens is 2. The van der Waals surface area contributed by atoms with Crippen molar-refractivity contribution in [2.24, 2.45) is 10.2 Å². The minimum atomic E-state index is -0.0916. The molecule has 0 aromatic heterocycles. The average molecular weight is 475 g/mol. The minimum absolute atomic E-state index is 0.0916. The molecule has 2 N–H and O–H groups in total. The molecular weight excluding hydrogens is 447 g/mol. The third-order valence-electron chi connectivity index (χ3n) is 4.60. The molecule has 2 aromatic carbocycles. The van der Waals surface area contributed by atoms with E-state index in [1.54, 1.807) is 36.7 Å². The molecule has 32 heavy (non-hydrogen) atoms. The standard InChI is InChI=1S/C24H28Cl2N4O2/c25-21-13-9-19(10-14-21)17-27-29-23(31)7-5-3-1-2-4-6-8-24(32)30-28-18-20-11-15-22(26)16-12-20/h9-18H,1-8H2,(H,29,31)(H,30,32)/b27-17+,28-18+. The lowest BCUT2D eigenvalue weighted by atomic mass is 10.1. The maximum atomic E-state index is 11.8. The second kappa shape index (κ2) is 15.2. The molecule has 6 nitrogen and oxygen atoms in total. The molecule has 0 heterocycles. The highest BCUT2D eigenvalue weighted by molar-refractivity contribution is 6.30. The zero-order valence-corrected chi connectivity index (χ0v) is 19.4. The van der Waals surface area contributed by atoms with E-state index in [2.05, 4.69) is 21.1 Å². The maximum absolute atomic E-state index is 11.8. The molecule has 0 saturated heterocycles. The number of hydrogen-bond acceptors (Lipinski definition) is 4. The monoisotopic (exact) mass is 474 g/mol. The van der Waals surface area contributed by atoms with Gasteiger partial charge in [-0.15, -0.1) is 0 Å². The lowest BCUT2D eigenvalue weighted by molar-refractivity contribution is -0.122. The van der Waals surface area contributed by atoms with Gasteiger partial charge in [0.25, 0.3) is 0 Å². The normalized spacial score (nSPS) is 11.2. The fourth-order valence-electron chi connectivity index (χ4n) is 2.85. The Morgan fingerprint density at radius 3 is 1.34 bits per heavy atom. The largest absolute Gasteiger partial charge is 0.273 e. The van der Waals surface area contributed by atoms with Crippen LogP contribution in [0.1, 0.15) is 62.5 Å². The molecule has 0 bridgehead atoms. The SMILES string of the molecule is O=C(CCCCCCCCC(=O)N/N=C/c1ccc(Cl)cc1)N/N=C/c1ccc(Cl)cc1. The molecule has 170 valence electrons. The number of carbonyl (C=O) groups is 2. The maximum Gasteiger partial charge on any atom is 0.240 e. The van der Waals surface area contributed by atoms with E-state index in [0.717, 1.165) is 49.7 Å². The number of carbonyl (C=O) groups excluding carboxylic acids is 2. The number of hydrogen-bond donors (Lipinski definition) is 2. The number of nitrogens with one attached hydrogen (secondary N) is 2. The summed E-state index contributed by atoms with van der Waals surface area (Å²) in [6.07, 6.45) is 9.76. The van der Waals surface area contributed by atoms with Crippen LogP contribution in [0.4, 0.5) is 0 Å². The summed E-state index contributed by atoms with van der Waals surface area (Å²) < 4.78 is 0. The van der Waals surface area contributed by atoms with Crippen molar-refractivity contribution < 1.29 is 9.59 Å². The second-order valence-electron chi connectivity index (χ2n) is 7.31. The zero-order valence-electron chi connectivity index (χ0n) is 17.9. The number of benzene rings is 2. The Hall–Kier alpha value is -2.70. The van der Waals surface area contributed by atoms with Crippen molar-refractivity contribution in [1.82, 2.24) is 10.9 Å². The summed E-state index contributed by atoms with van der Waals surface area (Å²) in [5, 5.41) is 9.22. The van der Waals surface area contributed by atoms with Crippen LogP contribution >= 0.6 is 23.2 Å². The topological polar surface area (TPSA) is 82.9 Å². The Morgan fingerprint density at radius 2 is 0.969 bits per heavy atom. The van der Waals surface area contributed by atoms with Gasteiger partial charge in [-0.1, -0.05) is 73.2 Å². The fourth-order valence-corrected chi connectivity index (χ4v) is 3.10. The molecule has 2 aromatic rings.